The van der Waals surface area contributed by atoms with Crippen molar-refractivity contribution in [2.45, 2.75) is 60.0 Å². The summed E-state index contributed by atoms with van der Waals surface area (Å²) >= 11 is 0. The lowest BCUT2D eigenvalue weighted by Gasteiger charge is -2.27. The molecule has 1 N–H and O–H groups in total. The number of rotatable bonds is 10. The van der Waals surface area contributed by atoms with E-state index in [-0.39, 0.29) is 12.0 Å². The number of nitrogens with zero attached hydrogens (tertiary/aromatic N) is 1. The summed E-state index contributed by atoms with van der Waals surface area (Å²) in [5.74, 6) is 1.46. The summed E-state index contributed by atoms with van der Waals surface area (Å²) in [7, 11) is 0. The van der Waals surface area contributed by atoms with Crippen LogP contribution in [0.15, 0.2) is 48.5 Å². The number of amides is 1. The molecule has 1 saturated carbocycles. The van der Waals surface area contributed by atoms with Gasteiger partial charge in [0.05, 0.1) is 0 Å². The number of carbonyl (C=O) groups is 1. The van der Waals surface area contributed by atoms with Crippen LogP contribution in [0.1, 0.15) is 64.2 Å². The van der Waals surface area contributed by atoms with Crippen LogP contribution in [0.4, 0.5) is 0 Å². The van der Waals surface area contributed by atoms with Gasteiger partial charge in [0, 0.05) is 18.7 Å². The van der Waals surface area contributed by atoms with Crippen molar-refractivity contribution in [2.24, 2.45) is 11.3 Å². The lowest BCUT2D eigenvalue weighted by molar-refractivity contribution is 0.0937. The molecule has 32 heavy (non-hydrogen) atoms. The molecule has 4 heteroatoms. The van der Waals surface area contributed by atoms with Crippen LogP contribution in [0.25, 0.3) is 11.1 Å². The molecule has 2 atom stereocenters. The van der Waals surface area contributed by atoms with Gasteiger partial charge in [0.15, 0.2) is 0 Å². The van der Waals surface area contributed by atoms with Crippen molar-refractivity contribution < 1.29 is 9.53 Å². The van der Waals surface area contributed by atoms with Crippen molar-refractivity contribution >= 4 is 5.91 Å². The summed E-state index contributed by atoms with van der Waals surface area (Å²) in [4.78, 5) is 15.0. The average molecular weight is 437 g/mol. The lowest BCUT2D eigenvalue weighted by atomic mass is 9.82. The Labute approximate surface area is 194 Å². The average Bonchev–Trinajstić information content (AvgIpc) is 3.13. The topological polar surface area (TPSA) is 41.6 Å². The molecule has 0 aromatic heterocycles. The zero-order valence-corrected chi connectivity index (χ0v) is 20.5. The quantitative estimate of drug-likeness (QED) is 0.495. The standard InChI is InChI=1S/C28H40N2O2/c1-6-30(7-2)20-21(3)32-26-12-8-10-24(18-26)22-13-15-23(16-14-22)27(31)29-19-25-11-9-17-28(25,4)5/h8,10,12-16,18,21,25H,6-7,9,11,17,19-20H2,1-5H3,(H,29,31). The van der Waals surface area contributed by atoms with Crippen LogP contribution in [-0.2, 0) is 0 Å². The number of hydrogen-bond acceptors (Lipinski definition) is 3. The maximum absolute atomic E-state index is 12.6. The summed E-state index contributed by atoms with van der Waals surface area (Å²) in [5.41, 5.74) is 3.22. The third-order valence-corrected chi connectivity index (χ3v) is 7.05. The monoisotopic (exact) mass is 436 g/mol. The minimum Gasteiger partial charge on any atom is -0.489 e. The van der Waals surface area contributed by atoms with E-state index in [0.29, 0.717) is 16.9 Å². The minimum absolute atomic E-state index is 0.0153. The summed E-state index contributed by atoms with van der Waals surface area (Å²) < 4.78 is 6.16. The van der Waals surface area contributed by atoms with Crippen LogP contribution in [-0.4, -0.2) is 43.1 Å². The molecule has 174 valence electrons. The summed E-state index contributed by atoms with van der Waals surface area (Å²) in [6.07, 6.45) is 3.84. The van der Waals surface area contributed by atoms with Crippen molar-refractivity contribution in [3.8, 4) is 16.9 Å². The molecular weight excluding hydrogens is 396 g/mol. The smallest absolute Gasteiger partial charge is 0.251 e. The number of ether oxygens (including phenoxy) is 1. The fourth-order valence-corrected chi connectivity index (χ4v) is 4.77. The van der Waals surface area contributed by atoms with Crippen molar-refractivity contribution in [1.82, 2.24) is 10.2 Å². The Morgan fingerprint density at radius 1 is 1.12 bits per heavy atom. The van der Waals surface area contributed by atoms with E-state index >= 15 is 0 Å². The summed E-state index contributed by atoms with van der Waals surface area (Å²) in [5, 5.41) is 3.15. The van der Waals surface area contributed by atoms with Crippen LogP contribution in [0.3, 0.4) is 0 Å². The second kappa shape index (κ2) is 11.0. The Morgan fingerprint density at radius 2 is 1.84 bits per heavy atom. The first-order chi connectivity index (χ1) is 15.3. The van der Waals surface area contributed by atoms with Crippen LogP contribution in [0, 0.1) is 11.3 Å². The summed E-state index contributed by atoms with van der Waals surface area (Å²) in [6.45, 7) is 14.8. The second-order valence-corrected chi connectivity index (χ2v) is 9.81. The number of carbonyl (C=O) groups excluding carboxylic acids is 1. The Kier molecular flexibility index (Phi) is 8.36. The van der Waals surface area contributed by atoms with Crippen LogP contribution in [0.5, 0.6) is 5.75 Å². The maximum Gasteiger partial charge on any atom is 0.251 e. The first-order valence-electron chi connectivity index (χ1n) is 12.2. The summed E-state index contributed by atoms with van der Waals surface area (Å²) in [6, 6.07) is 16.1. The normalized spacial score (nSPS) is 18.5. The molecule has 0 radical (unpaired) electrons. The highest BCUT2D eigenvalue weighted by Crippen LogP contribution is 2.42. The molecule has 1 fully saturated rings. The number of nitrogens with one attached hydrogen (secondary N) is 1. The number of likely N-dealkylation sites (N-methyl/N-ethyl adjacent to an activating group) is 1. The molecule has 1 amide bonds. The van der Waals surface area contributed by atoms with E-state index in [1.54, 1.807) is 0 Å². The fraction of sp³-hybridized carbons (Fsp3) is 0.536. The highest BCUT2D eigenvalue weighted by atomic mass is 16.5. The SMILES string of the molecule is CCN(CC)CC(C)Oc1cccc(-c2ccc(C(=O)NCC3CCCC3(C)C)cc2)c1. The number of benzene rings is 2. The third kappa shape index (κ3) is 6.35. The van der Waals surface area contributed by atoms with Crippen LogP contribution in [0.2, 0.25) is 0 Å². The Hall–Kier alpha value is -2.33. The molecular formula is C28H40N2O2. The van der Waals surface area contributed by atoms with Crippen molar-refractivity contribution in [3.05, 3.63) is 54.1 Å². The molecule has 2 aromatic rings. The largest absolute Gasteiger partial charge is 0.489 e. The minimum atomic E-state index is 0.0153. The third-order valence-electron chi connectivity index (χ3n) is 7.05. The van der Waals surface area contributed by atoms with Crippen molar-refractivity contribution in [3.63, 3.8) is 0 Å². The Bertz CT molecular complexity index is 871. The zero-order valence-electron chi connectivity index (χ0n) is 20.5. The van der Waals surface area contributed by atoms with Gasteiger partial charge in [0.25, 0.3) is 5.91 Å². The van der Waals surface area contributed by atoms with E-state index in [1.807, 2.05) is 36.4 Å². The zero-order chi connectivity index (χ0) is 23.1. The van der Waals surface area contributed by atoms with E-state index in [9.17, 15) is 4.79 Å². The van der Waals surface area contributed by atoms with Gasteiger partial charge in [0.2, 0.25) is 0 Å². The van der Waals surface area contributed by atoms with Gasteiger partial charge in [-0.15, -0.1) is 0 Å². The van der Waals surface area contributed by atoms with Gasteiger partial charge in [-0.1, -0.05) is 58.4 Å². The van der Waals surface area contributed by atoms with E-state index < -0.39 is 0 Å². The van der Waals surface area contributed by atoms with Crippen molar-refractivity contribution in [2.75, 3.05) is 26.2 Å². The van der Waals surface area contributed by atoms with E-state index in [0.717, 1.165) is 43.1 Å². The van der Waals surface area contributed by atoms with Gasteiger partial charge < -0.3 is 15.0 Å². The van der Waals surface area contributed by atoms with Crippen molar-refractivity contribution in [1.29, 1.82) is 0 Å². The van der Waals surface area contributed by atoms with E-state index in [2.05, 4.69) is 57.0 Å². The first-order valence-corrected chi connectivity index (χ1v) is 12.2. The second-order valence-electron chi connectivity index (χ2n) is 9.81. The van der Waals surface area contributed by atoms with Gasteiger partial charge >= 0.3 is 0 Å². The molecule has 0 bridgehead atoms. The highest BCUT2D eigenvalue weighted by Gasteiger charge is 2.34. The van der Waals surface area contributed by atoms with Gasteiger partial charge in [-0.2, -0.15) is 0 Å². The molecule has 2 aromatic carbocycles. The Balaban J connectivity index is 1.59. The predicted molar refractivity (Wildman–Crippen MR) is 133 cm³/mol. The van der Waals surface area contributed by atoms with Gasteiger partial charge in [-0.25, -0.2) is 0 Å². The molecule has 2 unspecified atom stereocenters. The number of hydrogen-bond donors (Lipinski definition) is 1. The van der Waals surface area contributed by atoms with Crippen LogP contribution < -0.4 is 10.1 Å². The molecule has 4 nitrogen and oxygen atoms in total. The fourth-order valence-electron chi connectivity index (χ4n) is 4.77. The van der Waals surface area contributed by atoms with Gasteiger partial charge in [-0.3, -0.25) is 4.79 Å². The van der Waals surface area contributed by atoms with Gasteiger partial charge in [0.1, 0.15) is 11.9 Å². The predicted octanol–water partition coefficient (Wildman–Crippen LogP) is 6.02. The highest BCUT2D eigenvalue weighted by molar-refractivity contribution is 5.94. The molecule has 1 aliphatic rings. The molecule has 0 aliphatic heterocycles. The molecule has 0 heterocycles. The molecule has 3 rings (SSSR count). The van der Waals surface area contributed by atoms with Gasteiger partial charge in [-0.05, 0) is 79.6 Å². The van der Waals surface area contributed by atoms with E-state index in [4.69, 9.17) is 4.74 Å². The first kappa shape index (κ1) is 24.3. The lowest BCUT2D eigenvalue weighted by Crippen LogP contribution is -2.33. The van der Waals surface area contributed by atoms with Crippen LogP contribution >= 0.6 is 0 Å². The van der Waals surface area contributed by atoms with E-state index in [1.165, 1.54) is 19.3 Å². The molecule has 0 saturated heterocycles. The Morgan fingerprint density at radius 3 is 2.47 bits per heavy atom. The molecule has 1 aliphatic carbocycles. The molecule has 0 spiro atoms. The maximum atomic E-state index is 12.6.